The number of rotatable bonds is 6. The summed E-state index contributed by atoms with van der Waals surface area (Å²) < 4.78 is 79.2. The largest absolute Gasteiger partial charge is 0.523 e. The SMILES string of the molecule is CCOP(=O)(Cc1ccccc1)OS(=O)(=O)C(F)(F)F. The number of halogens is 3. The molecule has 0 spiro atoms. The molecule has 10 heteroatoms. The summed E-state index contributed by atoms with van der Waals surface area (Å²) in [4.78, 5) is 0. The Bertz CT molecular complexity index is 585. The first-order valence-electron chi connectivity index (χ1n) is 5.40. The van der Waals surface area contributed by atoms with Gasteiger partial charge in [-0.25, -0.2) is 0 Å². The van der Waals surface area contributed by atoms with Gasteiger partial charge in [-0.15, -0.1) is 0 Å². The van der Waals surface area contributed by atoms with Gasteiger partial charge in [0, 0.05) is 0 Å². The van der Waals surface area contributed by atoms with E-state index < -0.39 is 29.4 Å². The lowest BCUT2D eigenvalue weighted by atomic mass is 10.2. The summed E-state index contributed by atoms with van der Waals surface area (Å²) in [5.74, 6) is 0. The molecule has 0 aromatic heterocycles. The smallest absolute Gasteiger partial charge is 0.308 e. The molecule has 0 N–H and O–H groups in total. The number of benzene rings is 1. The Morgan fingerprint density at radius 3 is 2.20 bits per heavy atom. The monoisotopic (exact) mass is 332 g/mol. The van der Waals surface area contributed by atoms with Crippen LogP contribution in [0.4, 0.5) is 13.2 Å². The Morgan fingerprint density at radius 2 is 1.75 bits per heavy atom. The zero-order valence-corrected chi connectivity index (χ0v) is 12.0. The van der Waals surface area contributed by atoms with Crippen LogP contribution in [0.25, 0.3) is 0 Å². The molecule has 0 heterocycles. The second kappa shape index (κ2) is 6.26. The third-order valence-electron chi connectivity index (χ3n) is 2.04. The highest BCUT2D eigenvalue weighted by atomic mass is 32.2. The molecule has 1 aromatic carbocycles. The molecule has 0 aliphatic heterocycles. The van der Waals surface area contributed by atoms with E-state index in [1.165, 1.54) is 19.1 Å². The summed E-state index contributed by atoms with van der Waals surface area (Å²) in [5, 5.41) is 0. The number of hydrogen-bond acceptors (Lipinski definition) is 5. The van der Waals surface area contributed by atoms with E-state index in [1.54, 1.807) is 18.2 Å². The maximum absolute atomic E-state index is 12.3. The Kier molecular flexibility index (Phi) is 5.37. The van der Waals surface area contributed by atoms with Crippen LogP contribution in [-0.4, -0.2) is 20.5 Å². The standard InChI is InChI=1S/C10H12F3O5PS/c1-2-17-19(14,8-9-6-4-3-5-7-9)18-20(15,16)10(11,12)13/h3-7H,2,8H2,1H3. The lowest BCUT2D eigenvalue weighted by molar-refractivity contribution is -0.0505. The van der Waals surface area contributed by atoms with Gasteiger partial charge in [0.1, 0.15) is 0 Å². The Hall–Kier alpha value is -0.890. The predicted molar refractivity (Wildman–Crippen MR) is 65.4 cm³/mol. The van der Waals surface area contributed by atoms with Crippen LogP contribution < -0.4 is 0 Å². The van der Waals surface area contributed by atoms with Crippen molar-refractivity contribution in [2.24, 2.45) is 0 Å². The van der Waals surface area contributed by atoms with Crippen molar-refractivity contribution in [3.8, 4) is 0 Å². The van der Waals surface area contributed by atoms with Crippen molar-refractivity contribution < 1.29 is 34.6 Å². The molecule has 0 aliphatic rings. The van der Waals surface area contributed by atoms with Gasteiger partial charge in [-0.3, -0.25) is 4.57 Å². The normalized spacial score (nSPS) is 15.8. The molecular weight excluding hydrogens is 320 g/mol. The topological polar surface area (TPSA) is 69.7 Å². The highest BCUT2D eigenvalue weighted by Crippen LogP contribution is 2.54. The molecule has 0 bridgehead atoms. The quantitative estimate of drug-likeness (QED) is 0.591. The molecule has 1 aromatic rings. The molecule has 1 rings (SSSR count). The summed E-state index contributed by atoms with van der Waals surface area (Å²) in [6, 6.07) is 7.70. The molecular formula is C10H12F3O5PS. The van der Waals surface area contributed by atoms with Crippen molar-refractivity contribution >= 4 is 17.7 Å². The highest BCUT2D eigenvalue weighted by Gasteiger charge is 2.51. The molecule has 0 aliphatic carbocycles. The van der Waals surface area contributed by atoms with E-state index in [2.05, 4.69) is 8.49 Å². The van der Waals surface area contributed by atoms with E-state index in [4.69, 9.17) is 0 Å². The van der Waals surface area contributed by atoms with Crippen LogP contribution in [0.2, 0.25) is 0 Å². The zero-order valence-electron chi connectivity index (χ0n) is 10.3. The summed E-state index contributed by atoms with van der Waals surface area (Å²) in [7, 11) is -10.5. The number of hydrogen-bond donors (Lipinski definition) is 0. The van der Waals surface area contributed by atoms with Crippen LogP contribution in [0.3, 0.4) is 0 Å². The van der Waals surface area contributed by atoms with Gasteiger partial charge in [0.15, 0.2) is 0 Å². The molecule has 0 saturated heterocycles. The van der Waals surface area contributed by atoms with Gasteiger partial charge in [0.05, 0.1) is 12.8 Å². The number of alkyl halides is 3. The van der Waals surface area contributed by atoms with Crippen LogP contribution in [0, 0.1) is 0 Å². The van der Waals surface area contributed by atoms with E-state index in [-0.39, 0.29) is 6.61 Å². The maximum Gasteiger partial charge on any atom is 0.523 e. The molecule has 0 fully saturated rings. The van der Waals surface area contributed by atoms with Crippen molar-refractivity contribution in [1.29, 1.82) is 0 Å². The van der Waals surface area contributed by atoms with E-state index in [9.17, 15) is 26.2 Å². The minimum Gasteiger partial charge on any atom is -0.308 e. The molecule has 0 amide bonds. The van der Waals surface area contributed by atoms with Gasteiger partial charge in [-0.05, 0) is 12.5 Å². The summed E-state index contributed by atoms with van der Waals surface area (Å²) in [5.41, 5.74) is -5.32. The molecule has 0 saturated carbocycles. The third-order valence-corrected chi connectivity index (χ3v) is 5.70. The van der Waals surface area contributed by atoms with Crippen molar-refractivity contribution in [2.75, 3.05) is 6.61 Å². The maximum atomic E-state index is 12.3. The summed E-state index contributed by atoms with van der Waals surface area (Å²) in [6.07, 6.45) is -0.572. The fraction of sp³-hybridized carbons (Fsp3) is 0.400. The minimum atomic E-state index is -5.99. The molecule has 1 unspecified atom stereocenters. The Morgan fingerprint density at radius 1 is 1.20 bits per heavy atom. The predicted octanol–water partition coefficient (Wildman–Crippen LogP) is 3.28. The lowest BCUT2D eigenvalue weighted by Gasteiger charge is -2.18. The molecule has 0 radical (unpaired) electrons. The van der Waals surface area contributed by atoms with E-state index in [1.807, 2.05) is 0 Å². The van der Waals surface area contributed by atoms with Crippen LogP contribution >= 0.6 is 7.60 Å². The van der Waals surface area contributed by atoms with Crippen LogP contribution in [0.5, 0.6) is 0 Å². The van der Waals surface area contributed by atoms with Gasteiger partial charge >= 0.3 is 23.2 Å². The molecule has 5 nitrogen and oxygen atoms in total. The fourth-order valence-electron chi connectivity index (χ4n) is 1.29. The van der Waals surface area contributed by atoms with Gasteiger partial charge in [-0.1, -0.05) is 30.3 Å². The van der Waals surface area contributed by atoms with Crippen LogP contribution in [-0.2, 0) is 29.3 Å². The highest BCUT2D eigenvalue weighted by molar-refractivity contribution is 7.91. The first kappa shape index (κ1) is 17.2. The Labute approximate surface area is 114 Å². The zero-order chi connectivity index (χ0) is 15.4. The summed E-state index contributed by atoms with van der Waals surface area (Å²) >= 11 is 0. The fourth-order valence-corrected chi connectivity index (χ4v) is 4.35. The average Bonchev–Trinajstić information content (AvgIpc) is 2.27. The lowest BCUT2D eigenvalue weighted by Crippen LogP contribution is -2.25. The third kappa shape index (κ3) is 4.59. The first-order valence-corrected chi connectivity index (χ1v) is 8.53. The minimum absolute atomic E-state index is 0.252. The van der Waals surface area contributed by atoms with E-state index in [0.29, 0.717) is 5.56 Å². The summed E-state index contributed by atoms with van der Waals surface area (Å²) in [6.45, 7) is 1.11. The van der Waals surface area contributed by atoms with Gasteiger partial charge < -0.3 is 4.52 Å². The van der Waals surface area contributed by atoms with Crippen molar-refractivity contribution in [3.05, 3.63) is 35.9 Å². The second-order valence-electron chi connectivity index (χ2n) is 3.65. The first-order chi connectivity index (χ1) is 9.10. The molecule has 114 valence electrons. The van der Waals surface area contributed by atoms with Crippen LogP contribution in [0.15, 0.2) is 30.3 Å². The van der Waals surface area contributed by atoms with E-state index in [0.717, 1.165) is 0 Å². The second-order valence-corrected chi connectivity index (χ2v) is 7.41. The van der Waals surface area contributed by atoms with E-state index >= 15 is 0 Å². The average molecular weight is 332 g/mol. The molecule has 20 heavy (non-hydrogen) atoms. The molecule has 1 atom stereocenters. The Balaban J connectivity index is 3.02. The van der Waals surface area contributed by atoms with Crippen LogP contribution in [0.1, 0.15) is 12.5 Å². The van der Waals surface area contributed by atoms with Gasteiger partial charge in [0.25, 0.3) is 0 Å². The van der Waals surface area contributed by atoms with Gasteiger partial charge in [-0.2, -0.15) is 25.6 Å². The van der Waals surface area contributed by atoms with Crippen molar-refractivity contribution in [1.82, 2.24) is 0 Å². The van der Waals surface area contributed by atoms with Crippen molar-refractivity contribution in [3.63, 3.8) is 0 Å². The van der Waals surface area contributed by atoms with Crippen molar-refractivity contribution in [2.45, 2.75) is 18.6 Å². The van der Waals surface area contributed by atoms with Gasteiger partial charge in [0.2, 0.25) is 0 Å².